The first kappa shape index (κ1) is 13.4. The van der Waals surface area contributed by atoms with Crippen molar-refractivity contribution in [1.29, 1.82) is 0 Å². The van der Waals surface area contributed by atoms with Crippen molar-refractivity contribution in [3.63, 3.8) is 0 Å². The lowest BCUT2D eigenvalue weighted by atomic mass is 10.1. The number of hydrogen-bond acceptors (Lipinski definition) is 3. The molecule has 108 valence electrons. The zero-order valence-corrected chi connectivity index (χ0v) is 12.3. The van der Waals surface area contributed by atoms with Gasteiger partial charge in [-0.15, -0.1) is 0 Å². The summed E-state index contributed by atoms with van der Waals surface area (Å²) in [6.45, 7) is 1.93. The number of carbonyl (C=O) groups excluding carboxylic acids is 1. The van der Waals surface area contributed by atoms with Crippen LogP contribution in [0.3, 0.4) is 0 Å². The molecule has 3 aromatic rings. The van der Waals surface area contributed by atoms with Crippen LogP contribution in [-0.4, -0.2) is 27.6 Å². The van der Waals surface area contributed by atoms with Gasteiger partial charge in [0, 0.05) is 37.4 Å². The molecule has 1 amide bonds. The van der Waals surface area contributed by atoms with Crippen LogP contribution in [0.15, 0.2) is 47.3 Å². The van der Waals surface area contributed by atoms with Crippen LogP contribution < -0.4 is 0 Å². The van der Waals surface area contributed by atoms with E-state index < -0.39 is 0 Å². The van der Waals surface area contributed by atoms with Crippen molar-refractivity contribution in [3.8, 4) is 0 Å². The molecule has 0 aliphatic carbocycles. The molecular weight excluding hydrogens is 266 g/mol. The first-order chi connectivity index (χ1) is 10.1. The van der Waals surface area contributed by atoms with Crippen LogP contribution in [0.2, 0.25) is 0 Å². The van der Waals surface area contributed by atoms with Gasteiger partial charge in [0.05, 0.1) is 6.04 Å². The van der Waals surface area contributed by atoms with Crippen LogP contribution in [0.5, 0.6) is 0 Å². The maximum atomic E-state index is 12.6. The summed E-state index contributed by atoms with van der Waals surface area (Å²) in [6.07, 6.45) is 3.50. The van der Waals surface area contributed by atoms with Gasteiger partial charge in [-0.3, -0.25) is 4.79 Å². The first-order valence-electron chi connectivity index (χ1n) is 6.80. The molecule has 3 rings (SSSR count). The van der Waals surface area contributed by atoms with Crippen molar-refractivity contribution in [1.82, 2.24) is 14.6 Å². The summed E-state index contributed by atoms with van der Waals surface area (Å²) in [6, 6.07) is 9.41. The number of carbonyl (C=O) groups is 1. The maximum Gasteiger partial charge on any atom is 0.254 e. The molecule has 0 saturated heterocycles. The summed E-state index contributed by atoms with van der Waals surface area (Å²) in [4.78, 5) is 14.3. The van der Waals surface area contributed by atoms with Crippen LogP contribution >= 0.6 is 0 Å². The highest BCUT2D eigenvalue weighted by molar-refractivity contribution is 5.98. The Morgan fingerprint density at radius 2 is 2.14 bits per heavy atom. The molecule has 1 atom stereocenters. The lowest BCUT2D eigenvalue weighted by Gasteiger charge is -2.23. The van der Waals surface area contributed by atoms with E-state index in [2.05, 4.69) is 5.16 Å². The Kier molecular flexibility index (Phi) is 3.25. The highest BCUT2D eigenvalue weighted by Crippen LogP contribution is 2.22. The third-order valence-corrected chi connectivity index (χ3v) is 3.92. The summed E-state index contributed by atoms with van der Waals surface area (Å²) in [5.74, 6) is -0.0337. The number of aromatic nitrogens is 2. The van der Waals surface area contributed by atoms with Gasteiger partial charge in [-0.05, 0) is 30.5 Å². The van der Waals surface area contributed by atoms with E-state index in [0.717, 1.165) is 16.6 Å². The average Bonchev–Trinajstić information content (AvgIpc) is 3.15. The van der Waals surface area contributed by atoms with Gasteiger partial charge in [-0.2, -0.15) is 0 Å². The second-order valence-electron chi connectivity index (χ2n) is 5.22. The molecule has 0 spiro atoms. The summed E-state index contributed by atoms with van der Waals surface area (Å²) in [5.41, 5.74) is 2.45. The number of benzene rings is 1. The average molecular weight is 283 g/mol. The van der Waals surface area contributed by atoms with Crippen LogP contribution in [0.4, 0.5) is 0 Å². The van der Waals surface area contributed by atoms with E-state index in [9.17, 15) is 4.79 Å². The van der Waals surface area contributed by atoms with Crippen molar-refractivity contribution in [3.05, 3.63) is 54.0 Å². The molecule has 2 aromatic heterocycles. The lowest BCUT2D eigenvalue weighted by Crippen LogP contribution is -2.29. The van der Waals surface area contributed by atoms with Crippen molar-refractivity contribution in [2.75, 3.05) is 7.05 Å². The normalized spacial score (nSPS) is 12.5. The zero-order valence-electron chi connectivity index (χ0n) is 12.3. The standard InChI is InChI=1S/C16H17N3O2/c1-11(14-7-9-21-17-14)19(3)16(20)13-5-4-12-6-8-18(2)15(12)10-13/h4-11H,1-3H3. The van der Waals surface area contributed by atoms with Crippen molar-refractivity contribution in [2.45, 2.75) is 13.0 Å². The summed E-state index contributed by atoms with van der Waals surface area (Å²) in [7, 11) is 3.75. The highest BCUT2D eigenvalue weighted by atomic mass is 16.5. The van der Waals surface area contributed by atoms with Crippen molar-refractivity contribution < 1.29 is 9.32 Å². The van der Waals surface area contributed by atoms with Gasteiger partial charge in [0.25, 0.3) is 5.91 Å². The monoisotopic (exact) mass is 283 g/mol. The molecule has 5 heteroatoms. The van der Waals surface area contributed by atoms with Gasteiger partial charge in [0.1, 0.15) is 12.0 Å². The molecule has 0 bridgehead atoms. The Bertz CT molecular complexity index is 774. The van der Waals surface area contributed by atoms with Gasteiger partial charge < -0.3 is 14.0 Å². The zero-order chi connectivity index (χ0) is 15.0. The van der Waals surface area contributed by atoms with E-state index in [1.54, 1.807) is 18.0 Å². The lowest BCUT2D eigenvalue weighted by molar-refractivity contribution is 0.0738. The molecule has 2 heterocycles. The van der Waals surface area contributed by atoms with Crippen LogP contribution in [0.1, 0.15) is 29.0 Å². The summed E-state index contributed by atoms with van der Waals surface area (Å²) < 4.78 is 6.85. The summed E-state index contributed by atoms with van der Waals surface area (Å²) in [5, 5.41) is 5.02. The van der Waals surface area contributed by atoms with E-state index >= 15 is 0 Å². The first-order valence-corrected chi connectivity index (χ1v) is 6.80. The van der Waals surface area contributed by atoms with Gasteiger partial charge in [0.15, 0.2) is 0 Å². The van der Waals surface area contributed by atoms with Crippen LogP contribution in [0.25, 0.3) is 10.9 Å². The fourth-order valence-electron chi connectivity index (χ4n) is 2.41. The molecule has 1 unspecified atom stereocenters. The van der Waals surface area contributed by atoms with E-state index in [1.807, 2.05) is 49.0 Å². The molecule has 5 nitrogen and oxygen atoms in total. The Labute approximate surface area is 122 Å². The predicted molar refractivity (Wildman–Crippen MR) is 79.9 cm³/mol. The molecule has 0 aliphatic heterocycles. The Hall–Kier alpha value is -2.56. The number of fused-ring (bicyclic) bond motifs is 1. The third kappa shape index (κ3) is 2.31. The fourth-order valence-corrected chi connectivity index (χ4v) is 2.41. The number of nitrogens with zero attached hydrogens (tertiary/aromatic N) is 3. The smallest absolute Gasteiger partial charge is 0.254 e. The van der Waals surface area contributed by atoms with E-state index in [4.69, 9.17) is 4.52 Å². The van der Waals surface area contributed by atoms with E-state index in [1.165, 1.54) is 6.26 Å². The minimum atomic E-state index is -0.139. The Balaban J connectivity index is 1.90. The van der Waals surface area contributed by atoms with E-state index in [0.29, 0.717) is 5.56 Å². The fraction of sp³-hybridized carbons (Fsp3) is 0.250. The number of amides is 1. The molecule has 0 N–H and O–H groups in total. The largest absolute Gasteiger partial charge is 0.364 e. The molecule has 21 heavy (non-hydrogen) atoms. The summed E-state index contributed by atoms with van der Waals surface area (Å²) >= 11 is 0. The second kappa shape index (κ2) is 5.09. The molecule has 0 saturated carbocycles. The molecule has 0 fully saturated rings. The van der Waals surface area contributed by atoms with Crippen molar-refractivity contribution in [2.24, 2.45) is 7.05 Å². The molecular formula is C16H17N3O2. The van der Waals surface area contributed by atoms with Gasteiger partial charge in [-0.25, -0.2) is 0 Å². The number of rotatable bonds is 3. The minimum absolute atomic E-state index is 0.0337. The predicted octanol–water partition coefficient (Wildman–Crippen LogP) is 3.00. The van der Waals surface area contributed by atoms with Crippen LogP contribution in [0, 0.1) is 0 Å². The second-order valence-corrected chi connectivity index (χ2v) is 5.22. The van der Waals surface area contributed by atoms with Gasteiger partial charge in [0.2, 0.25) is 0 Å². The molecule has 0 aliphatic rings. The highest BCUT2D eigenvalue weighted by Gasteiger charge is 2.21. The molecule has 0 radical (unpaired) electrons. The van der Waals surface area contributed by atoms with Crippen molar-refractivity contribution >= 4 is 16.8 Å². The van der Waals surface area contributed by atoms with E-state index in [-0.39, 0.29) is 11.9 Å². The Morgan fingerprint density at radius 1 is 1.33 bits per heavy atom. The molecule has 1 aromatic carbocycles. The third-order valence-electron chi connectivity index (χ3n) is 3.92. The van der Waals surface area contributed by atoms with Gasteiger partial charge >= 0.3 is 0 Å². The minimum Gasteiger partial charge on any atom is -0.364 e. The maximum absolute atomic E-state index is 12.6. The quantitative estimate of drug-likeness (QED) is 0.742. The topological polar surface area (TPSA) is 51.3 Å². The number of hydrogen-bond donors (Lipinski definition) is 0. The van der Waals surface area contributed by atoms with Gasteiger partial charge in [-0.1, -0.05) is 11.2 Å². The Morgan fingerprint density at radius 3 is 2.86 bits per heavy atom. The number of aryl methyl sites for hydroxylation is 1. The SMILES string of the molecule is CC(c1ccon1)N(C)C(=O)c1ccc2ccn(C)c2c1. The van der Waals surface area contributed by atoms with Crippen LogP contribution in [-0.2, 0) is 7.05 Å².